The first-order valence-electron chi connectivity index (χ1n) is 9.38. The number of rotatable bonds is 6. The van der Waals surface area contributed by atoms with Crippen molar-refractivity contribution >= 4 is 0 Å². The Balaban J connectivity index is 1.82. The molecule has 0 amide bonds. The van der Waals surface area contributed by atoms with Crippen LogP contribution in [0.25, 0.3) is 0 Å². The van der Waals surface area contributed by atoms with Crippen molar-refractivity contribution in [3.05, 3.63) is 59.6 Å². The van der Waals surface area contributed by atoms with Crippen LogP contribution in [0.5, 0.6) is 0 Å². The van der Waals surface area contributed by atoms with E-state index in [2.05, 4.69) is 80.0 Å². The molecule has 0 fully saturated rings. The summed E-state index contributed by atoms with van der Waals surface area (Å²) in [6.07, 6.45) is 16.1. The summed E-state index contributed by atoms with van der Waals surface area (Å²) in [4.78, 5) is 4.82. The highest BCUT2D eigenvalue weighted by Gasteiger charge is 2.30. The minimum Gasteiger partial charge on any atom is -0.485 e. The summed E-state index contributed by atoms with van der Waals surface area (Å²) in [7, 11) is 0. The van der Waals surface area contributed by atoms with Gasteiger partial charge in [0.2, 0.25) is 0 Å². The van der Waals surface area contributed by atoms with E-state index in [1.54, 1.807) is 0 Å². The molecule has 1 aliphatic heterocycles. The molecule has 3 nitrogen and oxygen atoms in total. The molecular formula is C21H30N2O. The molecule has 0 N–H and O–H groups in total. The number of fused-ring (bicyclic) bond motifs is 2. The lowest BCUT2D eigenvalue weighted by Crippen LogP contribution is -2.35. The van der Waals surface area contributed by atoms with Crippen molar-refractivity contribution in [2.45, 2.75) is 39.8 Å². The first-order chi connectivity index (χ1) is 11.7. The molecule has 3 unspecified atom stereocenters. The molecular weight excluding hydrogens is 296 g/mol. The van der Waals surface area contributed by atoms with Gasteiger partial charge in [0.25, 0.3) is 0 Å². The number of likely N-dealkylation sites (N-methyl/N-ethyl adjacent to an activating group) is 2. The van der Waals surface area contributed by atoms with E-state index in [0.717, 1.165) is 31.9 Å². The van der Waals surface area contributed by atoms with Crippen LogP contribution in [-0.2, 0) is 4.74 Å². The smallest absolute Gasteiger partial charge is 0.129 e. The second kappa shape index (κ2) is 7.43. The Bertz CT molecular complexity index is 603. The van der Waals surface area contributed by atoms with E-state index < -0.39 is 0 Å². The molecule has 0 saturated carbocycles. The third kappa shape index (κ3) is 3.23. The van der Waals surface area contributed by atoms with Crippen molar-refractivity contribution < 1.29 is 4.74 Å². The van der Waals surface area contributed by atoms with E-state index in [-0.39, 0.29) is 6.10 Å². The summed E-state index contributed by atoms with van der Waals surface area (Å²) >= 11 is 0. The van der Waals surface area contributed by atoms with Gasteiger partial charge < -0.3 is 9.64 Å². The Kier molecular flexibility index (Phi) is 5.30. The van der Waals surface area contributed by atoms with Crippen LogP contribution in [0.15, 0.2) is 59.6 Å². The molecule has 3 rings (SSSR count). The van der Waals surface area contributed by atoms with Crippen LogP contribution in [0, 0.1) is 5.92 Å². The largest absolute Gasteiger partial charge is 0.485 e. The zero-order chi connectivity index (χ0) is 17.1. The Morgan fingerprint density at radius 1 is 0.875 bits per heavy atom. The van der Waals surface area contributed by atoms with Gasteiger partial charge in [-0.3, -0.25) is 4.90 Å². The van der Waals surface area contributed by atoms with Gasteiger partial charge in [-0.15, -0.1) is 0 Å². The van der Waals surface area contributed by atoms with E-state index >= 15 is 0 Å². The molecule has 0 spiro atoms. The lowest BCUT2D eigenvalue weighted by atomic mass is 9.88. The second-order valence-electron chi connectivity index (χ2n) is 6.51. The normalized spacial score (nSPS) is 27.7. The first kappa shape index (κ1) is 17.1. The molecule has 24 heavy (non-hydrogen) atoms. The molecule has 130 valence electrons. The molecule has 0 bridgehead atoms. The van der Waals surface area contributed by atoms with Gasteiger partial charge in [0.15, 0.2) is 0 Å². The fourth-order valence-corrected chi connectivity index (χ4v) is 3.78. The Labute approximate surface area is 146 Å². The van der Waals surface area contributed by atoms with E-state index in [0.29, 0.717) is 12.0 Å². The average molecular weight is 326 g/mol. The van der Waals surface area contributed by atoms with Crippen molar-refractivity contribution in [3.63, 3.8) is 0 Å². The van der Waals surface area contributed by atoms with Crippen LogP contribution >= 0.6 is 0 Å². The molecule has 3 heteroatoms. The molecule has 0 radical (unpaired) electrons. The molecule has 0 saturated heterocycles. The van der Waals surface area contributed by atoms with Crippen LogP contribution in [-0.4, -0.2) is 48.1 Å². The highest BCUT2D eigenvalue weighted by atomic mass is 16.5. The molecule has 3 aliphatic rings. The predicted molar refractivity (Wildman–Crippen MR) is 101 cm³/mol. The zero-order valence-corrected chi connectivity index (χ0v) is 15.4. The zero-order valence-electron chi connectivity index (χ0n) is 15.4. The summed E-state index contributed by atoms with van der Waals surface area (Å²) in [5.74, 6) is 1.38. The summed E-state index contributed by atoms with van der Waals surface area (Å²) in [5.41, 5.74) is 2.51. The summed E-state index contributed by atoms with van der Waals surface area (Å²) in [6, 6.07) is 0.342. The van der Waals surface area contributed by atoms with Crippen LogP contribution in [0.4, 0.5) is 0 Å². The molecule has 1 heterocycles. The van der Waals surface area contributed by atoms with Crippen LogP contribution in [0.2, 0.25) is 0 Å². The minimum absolute atomic E-state index is 0.115. The van der Waals surface area contributed by atoms with Gasteiger partial charge in [0.1, 0.15) is 11.9 Å². The van der Waals surface area contributed by atoms with E-state index in [4.69, 9.17) is 4.74 Å². The first-order valence-corrected chi connectivity index (χ1v) is 9.38. The number of ether oxygens (including phenoxy) is 1. The van der Waals surface area contributed by atoms with Crippen molar-refractivity contribution in [1.82, 2.24) is 9.80 Å². The number of hydrogen-bond acceptors (Lipinski definition) is 3. The van der Waals surface area contributed by atoms with E-state index in [9.17, 15) is 0 Å². The van der Waals surface area contributed by atoms with Crippen LogP contribution < -0.4 is 0 Å². The Hall–Kier alpha value is -1.74. The van der Waals surface area contributed by atoms with E-state index in [1.165, 1.54) is 11.3 Å². The lowest BCUT2D eigenvalue weighted by Gasteiger charge is -2.36. The molecule has 0 aromatic carbocycles. The van der Waals surface area contributed by atoms with Crippen molar-refractivity contribution in [2.24, 2.45) is 5.92 Å². The van der Waals surface area contributed by atoms with Gasteiger partial charge in [-0.25, -0.2) is 0 Å². The highest BCUT2D eigenvalue weighted by Crippen LogP contribution is 2.35. The number of allylic oxidation sites excluding steroid dienone is 2. The molecule has 3 atom stereocenters. The molecule has 0 aromatic heterocycles. The quantitative estimate of drug-likeness (QED) is 0.736. The SMILES string of the molecule is CCN(CC)C1=CC2OC3=CC(N(CC)CC)C=CC3=CC2C=C1. The molecule has 0 aromatic rings. The van der Waals surface area contributed by atoms with E-state index in [1.807, 2.05) is 0 Å². The minimum atomic E-state index is 0.115. The van der Waals surface area contributed by atoms with Gasteiger partial charge in [-0.1, -0.05) is 38.2 Å². The summed E-state index contributed by atoms with van der Waals surface area (Å²) < 4.78 is 6.39. The average Bonchev–Trinajstić information content (AvgIpc) is 2.62. The Morgan fingerprint density at radius 3 is 2.29 bits per heavy atom. The second-order valence-corrected chi connectivity index (χ2v) is 6.51. The summed E-state index contributed by atoms with van der Waals surface area (Å²) in [5, 5.41) is 0. The van der Waals surface area contributed by atoms with Crippen molar-refractivity contribution in [3.8, 4) is 0 Å². The molecule has 2 aliphatic carbocycles. The van der Waals surface area contributed by atoms with Gasteiger partial charge in [0, 0.05) is 30.3 Å². The van der Waals surface area contributed by atoms with Crippen LogP contribution in [0.1, 0.15) is 27.7 Å². The van der Waals surface area contributed by atoms with Crippen LogP contribution in [0.3, 0.4) is 0 Å². The van der Waals surface area contributed by atoms with Gasteiger partial charge in [-0.05, 0) is 45.2 Å². The third-order valence-corrected chi connectivity index (χ3v) is 5.28. The predicted octanol–water partition coefficient (Wildman–Crippen LogP) is 3.89. The fourth-order valence-electron chi connectivity index (χ4n) is 3.78. The maximum Gasteiger partial charge on any atom is 0.129 e. The number of hydrogen-bond donors (Lipinski definition) is 0. The topological polar surface area (TPSA) is 15.7 Å². The maximum absolute atomic E-state index is 6.39. The van der Waals surface area contributed by atoms with Crippen molar-refractivity contribution in [1.29, 1.82) is 0 Å². The Morgan fingerprint density at radius 2 is 1.62 bits per heavy atom. The number of nitrogens with zero attached hydrogens (tertiary/aromatic N) is 2. The van der Waals surface area contributed by atoms with Gasteiger partial charge in [-0.2, -0.15) is 0 Å². The van der Waals surface area contributed by atoms with Gasteiger partial charge in [0.05, 0.1) is 6.04 Å². The lowest BCUT2D eigenvalue weighted by molar-refractivity contribution is 0.122. The van der Waals surface area contributed by atoms with Gasteiger partial charge >= 0.3 is 0 Å². The third-order valence-electron chi connectivity index (χ3n) is 5.28. The maximum atomic E-state index is 6.39. The monoisotopic (exact) mass is 326 g/mol. The fraction of sp³-hybridized carbons (Fsp3) is 0.524. The van der Waals surface area contributed by atoms with Crippen molar-refractivity contribution in [2.75, 3.05) is 26.2 Å². The highest BCUT2D eigenvalue weighted by molar-refractivity contribution is 5.47. The standard InChI is InChI=1S/C21H30N2O/c1-5-22(6-2)18-11-9-16-13-17-10-12-19(23(7-3)8-4)15-21(17)24-20(16)14-18/h9-16,19-20H,5-8H2,1-4H3. The summed E-state index contributed by atoms with van der Waals surface area (Å²) in [6.45, 7) is 13.0.